The van der Waals surface area contributed by atoms with Crippen LogP contribution in [0.4, 0.5) is 0 Å². The van der Waals surface area contributed by atoms with Gasteiger partial charge in [0, 0.05) is 76.7 Å². The summed E-state index contributed by atoms with van der Waals surface area (Å²) in [6.45, 7) is 0. The van der Waals surface area contributed by atoms with Crippen molar-refractivity contribution in [3.63, 3.8) is 0 Å². The molecule has 0 saturated carbocycles. The second-order valence-corrected chi connectivity index (χ2v) is 23.2. The van der Waals surface area contributed by atoms with Gasteiger partial charge in [-0.15, -0.1) is 0 Å². The minimum absolute atomic E-state index is 0.375. The van der Waals surface area contributed by atoms with E-state index in [9.17, 15) is 10.5 Å². The van der Waals surface area contributed by atoms with E-state index >= 15 is 0 Å². The van der Waals surface area contributed by atoms with E-state index in [1.807, 2.05) is 109 Å². The fraction of sp³-hybridized carbons (Fsp3) is 0. The summed E-state index contributed by atoms with van der Waals surface area (Å²) in [6, 6.07) is 106. The van der Waals surface area contributed by atoms with Gasteiger partial charge in [0.2, 0.25) is 0 Å². The second kappa shape index (κ2) is 20.8. The minimum atomic E-state index is 0.375. The lowest BCUT2D eigenvalue weighted by molar-refractivity contribution is 1.04. The Hall–Kier alpha value is -13.0. The Morgan fingerprint density at radius 3 is 1.09 bits per heavy atom. The van der Waals surface area contributed by atoms with E-state index in [4.69, 9.17) is 19.9 Å². The van der Waals surface area contributed by atoms with Crippen LogP contribution in [0.5, 0.6) is 0 Å². The van der Waals surface area contributed by atoms with Gasteiger partial charge in [0.1, 0.15) is 23.3 Å². The summed E-state index contributed by atoms with van der Waals surface area (Å²) in [5.74, 6) is 2.02. The first-order valence-corrected chi connectivity index (χ1v) is 30.6. The van der Waals surface area contributed by atoms with Crippen molar-refractivity contribution in [2.45, 2.75) is 0 Å². The van der Waals surface area contributed by atoms with Crippen molar-refractivity contribution in [3.8, 4) is 91.6 Å². The topological polar surface area (TPSA) is 119 Å². The predicted octanol–water partition coefficient (Wildman–Crippen LogP) is 19.7. The van der Waals surface area contributed by atoms with Gasteiger partial charge in [0.25, 0.3) is 0 Å². The molecule has 0 aliphatic rings. The molecule has 0 unspecified atom stereocenters. The van der Waals surface area contributed by atoms with Crippen LogP contribution in [0.2, 0.25) is 0 Å². The molecule has 12 aromatic carbocycles. The van der Waals surface area contributed by atoms with Crippen molar-refractivity contribution in [3.05, 3.63) is 302 Å². The molecule has 426 valence electrons. The van der Waals surface area contributed by atoms with Crippen LogP contribution < -0.4 is 0 Å². The van der Waals surface area contributed by atoms with Crippen LogP contribution in [0.1, 0.15) is 11.1 Å². The van der Waals surface area contributed by atoms with Gasteiger partial charge in [-0.3, -0.25) is 9.13 Å². The van der Waals surface area contributed by atoms with E-state index in [-0.39, 0.29) is 0 Å². The Morgan fingerprint density at radius 1 is 0.228 bits per heavy atom. The first-order valence-electron chi connectivity index (χ1n) is 30.6. The highest BCUT2D eigenvalue weighted by Crippen LogP contribution is 2.45. The van der Waals surface area contributed by atoms with Gasteiger partial charge < -0.3 is 9.13 Å². The Kier molecular flexibility index (Phi) is 11.8. The summed E-state index contributed by atoms with van der Waals surface area (Å²) >= 11 is 0. The highest BCUT2D eigenvalue weighted by molar-refractivity contribution is 6.21. The second-order valence-electron chi connectivity index (χ2n) is 23.2. The standard InChI is InChI=1S/C82H48N10/c83-49-67-77(51-23-6-1-7-24-51)85-79(53-27-10-3-11-28-53)87-81(67)92-70-39-20-17-35-59(70)63-45-64-62-44-55(41-42-72(62)90(75(64)48-76(63)92)58-33-14-5-15-34-58)54-29-22-30-56(43-54)80-86-78(52-25-8-2-9-26-52)68(50-84)82(88-80)91-71-40-21-18-37-61(71)66-46-73-65(47-74(66)91)60-36-16-19-38-69(60)89(73)57-31-12-4-13-32-57/h1-48H. The Balaban J connectivity index is 0.838. The molecule has 0 N–H and O–H groups in total. The minimum Gasteiger partial charge on any atom is -0.309 e. The molecule has 10 nitrogen and oxygen atoms in total. The number of benzene rings is 12. The molecule has 0 atom stereocenters. The molecule has 0 aliphatic heterocycles. The third-order valence-corrected chi connectivity index (χ3v) is 18.1. The number of para-hydroxylation sites is 5. The van der Waals surface area contributed by atoms with Gasteiger partial charge in [-0.25, -0.2) is 19.9 Å². The van der Waals surface area contributed by atoms with Gasteiger partial charge in [0.05, 0.1) is 55.5 Å². The summed E-state index contributed by atoms with van der Waals surface area (Å²) in [5.41, 5.74) is 17.1. The molecule has 0 fully saturated rings. The fourth-order valence-corrected chi connectivity index (χ4v) is 14.0. The third kappa shape index (κ3) is 8.05. The van der Waals surface area contributed by atoms with Crippen LogP contribution in [-0.4, -0.2) is 38.2 Å². The van der Waals surface area contributed by atoms with E-state index < -0.39 is 0 Å². The van der Waals surface area contributed by atoms with Crippen LogP contribution in [0.3, 0.4) is 0 Å². The predicted molar refractivity (Wildman–Crippen MR) is 372 cm³/mol. The first kappa shape index (κ1) is 52.1. The molecule has 92 heavy (non-hydrogen) atoms. The van der Waals surface area contributed by atoms with E-state index in [1.54, 1.807) is 0 Å². The van der Waals surface area contributed by atoms with Crippen molar-refractivity contribution in [1.82, 2.24) is 38.2 Å². The van der Waals surface area contributed by atoms with Gasteiger partial charge >= 0.3 is 0 Å². The molecule has 0 saturated heterocycles. The monoisotopic (exact) mass is 1170 g/mol. The zero-order valence-corrected chi connectivity index (χ0v) is 49.2. The highest BCUT2D eigenvalue weighted by Gasteiger charge is 2.27. The molecule has 6 aromatic heterocycles. The largest absolute Gasteiger partial charge is 0.309 e. The maximum absolute atomic E-state index is 11.5. The molecule has 6 heterocycles. The van der Waals surface area contributed by atoms with E-state index in [0.29, 0.717) is 45.8 Å². The lowest BCUT2D eigenvalue weighted by atomic mass is 9.99. The van der Waals surface area contributed by atoms with Gasteiger partial charge in [-0.05, 0) is 96.1 Å². The lowest BCUT2D eigenvalue weighted by Crippen LogP contribution is -2.07. The van der Waals surface area contributed by atoms with Crippen molar-refractivity contribution in [2.24, 2.45) is 0 Å². The molecule has 0 radical (unpaired) electrons. The zero-order valence-electron chi connectivity index (χ0n) is 49.2. The highest BCUT2D eigenvalue weighted by atomic mass is 15.1. The van der Waals surface area contributed by atoms with Crippen LogP contribution >= 0.6 is 0 Å². The maximum Gasteiger partial charge on any atom is 0.162 e. The van der Waals surface area contributed by atoms with E-state index in [1.165, 1.54) is 0 Å². The van der Waals surface area contributed by atoms with Crippen LogP contribution in [0, 0.1) is 22.7 Å². The number of fused-ring (bicyclic) bond motifs is 12. The van der Waals surface area contributed by atoms with Crippen molar-refractivity contribution >= 4 is 87.2 Å². The number of aromatic nitrogens is 8. The van der Waals surface area contributed by atoms with Crippen molar-refractivity contribution in [1.29, 1.82) is 10.5 Å². The molecular formula is C82H48N10. The average molecular weight is 1170 g/mol. The van der Waals surface area contributed by atoms with E-state index in [2.05, 4.69) is 212 Å². The number of hydrogen-bond donors (Lipinski definition) is 0. The number of hydrogen-bond acceptors (Lipinski definition) is 6. The average Bonchev–Trinajstić information content (AvgIpc) is 1.56. The van der Waals surface area contributed by atoms with Gasteiger partial charge in [-0.2, -0.15) is 10.5 Å². The fourth-order valence-electron chi connectivity index (χ4n) is 14.0. The summed E-state index contributed by atoms with van der Waals surface area (Å²) < 4.78 is 9.00. The number of nitriles is 2. The molecular weight excluding hydrogens is 1120 g/mol. The molecule has 0 amide bonds. The molecule has 18 aromatic rings. The molecule has 18 rings (SSSR count). The quantitative estimate of drug-likeness (QED) is 0.142. The number of nitrogens with zero attached hydrogens (tertiary/aromatic N) is 10. The molecule has 0 bridgehead atoms. The Morgan fingerprint density at radius 2 is 0.576 bits per heavy atom. The van der Waals surface area contributed by atoms with Gasteiger partial charge in [0.15, 0.2) is 23.3 Å². The third-order valence-electron chi connectivity index (χ3n) is 18.1. The Labute approximate surface area is 526 Å². The normalized spacial score (nSPS) is 11.7. The zero-order chi connectivity index (χ0) is 61.0. The van der Waals surface area contributed by atoms with Crippen LogP contribution in [-0.2, 0) is 0 Å². The SMILES string of the molecule is N#Cc1c(-c2ccccc2)nc(-c2cccc(-c3ccc4c(c3)c3cc5c6ccccc6n(-c6nc(-c7ccccc7)nc(-c7ccccc7)c6C#N)c5cc3n4-c3ccccc3)c2)nc1-n1c2ccccc2c2cc3c(cc21)c1ccccc1n3-c1ccccc1. The van der Waals surface area contributed by atoms with Gasteiger partial charge in [-0.1, -0.05) is 206 Å². The molecule has 10 heteroatoms. The first-order chi connectivity index (χ1) is 45.6. The number of rotatable bonds is 9. The summed E-state index contributed by atoms with van der Waals surface area (Å²) in [6.07, 6.45) is 0. The summed E-state index contributed by atoms with van der Waals surface area (Å²) in [7, 11) is 0. The smallest absolute Gasteiger partial charge is 0.162 e. The molecule has 0 aliphatic carbocycles. The molecule has 0 spiro atoms. The summed E-state index contributed by atoms with van der Waals surface area (Å²) in [5, 5.41) is 31.2. The Bertz CT molecular complexity index is 6130. The van der Waals surface area contributed by atoms with Crippen molar-refractivity contribution < 1.29 is 0 Å². The summed E-state index contributed by atoms with van der Waals surface area (Å²) in [4.78, 5) is 21.3. The lowest BCUT2D eigenvalue weighted by Gasteiger charge is -2.15. The maximum atomic E-state index is 11.5. The van der Waals surface area contributed by atoms with E-state index in [0.717, 1.165) is 132 Å². The van der Waals surface area contributed by atoms with Crippen LogP contribution in [0.15, 0.2) is 291 Å². The van der Waals surface area contributed by atoms with Crippen molar-refractivity contribution in [2.75, 3.05) is 0 Å². The van der Waals surface area contributed by atoms with Crippen LogP contribution in [0.25, 0.3) is 167 Å².